The summed E-state index contributed by atoms with van der Waals surface area (Å²) in [4.78, 5) is 14.3. The number of nitrogens with zero attached hydrogens (tertiary/aromatic N) is 1. The molecule has 24 heavy (non-hydrogen) atoms. The molecule has 1 saturated heterocycles. The average molecular weight is 329 g/mol. The molecule has 1 aliphatic heterocycles. The highest BCUT2D eigenvalue weighted by Gasteiger charge is 2.20. The average Bonchev–Trinajstić information content (AvgIpc) is 2.60. The third-order valence-electron chi connectivity index (χ3n) is 5.13. The third kappa shape index (κ3) is 4.05. The number of ether oxygens (including phenoxy) is 1. The van der Waals surface area contributed by atoms with Gasteiger partial charge in [0.05, 0.1) is 0 Å². The molecule has 4 nitrogen and oxygen atoms in total. The zero-order valence-electron chi connectivity index (χ0n) is 14.7. The second kappa shape index (κ2) is 7.95. The van der Waals surface area contributed by atoms with Crippen molar-refractivity contribution in [2.45, 2.75) is 39.2 Å². The lowest BCUT2D eigenvalue weighted by molar-refractivity contribution is 0.132. The van der Waals surface area contributed by atoms with Crippen molar-refractivity contribution in [3.8, 4) is 0 Å². The van der Waals surface area contributed by atoms with E-state index in [9.17, 15) is 4.79 Å². The maximum atomic E-state index is 11.9. The fraction of sp³-hybridized carbons (Fsp3) is 0.550. The number of aryl methyl sites for hydroxylation is 1. The second-order valence-corrected chi connectivity index (χ2v) is 6.78. The number of methoxy groups -OCH3 is 1. The predicted molar refractivity (Wildman–Crippen MR) is 96.4 cm³/mol. The summed E-state index contributed by atoms with van der Waals surface area (Å²) in [5.74, 6) is 0.769. The Kier molecular flexibility index (Phi) is 5.69. The summed E-state index contributed by atoms with van der Waals surface area (Å²) in [6.45, 7) is 6.00. The highest BCUT2D eigenvalue weighted by atomic mass is 16.5. The van der Waals surface area contributed by atoms with Crippen molar-refractivity contribution in [3.05, 3.63) is 45.8 Å². The van der Waals surface area contributed by atoms with Crippen LogP contribution in [0.25, 0.3) is 11.0 Å². The highest BCUT2D eigenvalue weighted by molar-refractivity contribution is 5.80. The first-order valence-corrected chi connectivity index (χ1v) is 8.96. The van der Waals surface area contributed by atoms with Crippen molar-refractivity contribution < 1.29 is 9.15 Å². The molecule has 1 fully saturated rings. The van der Waals surface area contributed by atoms with Gasteiger partial charge in [-0.05, 0) is 68.0 Å². The van der Waals surface area contributed by atoms with Crippen LogP contribution < -0.4 is 5.63 Å². The Bertz CT molecular complexity index is 729. The van der Waals surface area contributed by atoms with Gasteiger partial charge in [0, 0.05) is 31.7 Å². The molecule has 0 N–H and O–H groups in total. The predicted octanol–water partition coefficient (Wildman–Crippen LogP) is 3.60. The molecule has 0 unspecified atom stereocenters. The minimum atomic E-state index is -0.253. The molecule has 0 saturated carbocycles. The molecule has 0 atom stereocenters. The van der Waals surface area contributed by atoms with Crippen LogP contribution in [0.2, 0.25) is 0 Å². The molecule has 0 bridgehead atoms. The van der Waals surface area contributed by atoms with Crippen LogP contribution in [0.15, 0.2) is 33.5 Å². The molecule has 1 aliphatic rings. The summed E-state index contributed by atoms with van der Waals surface area (Å²) in [5.41, 5.74) is 2.81. The molecule has 4 heteroatoms. The van der Waals surface area contributed by atoms with Crippen molar-refractivity contribution >= 4 is 11.0 Å². The number of hydrogen-bond acceptors (Lipinski definition) is 4. The Morgan fingerprint density at radius 3 is 2.75 bits per heavy atom. The maximum absolute atomic E-state index is 11.9. The number of piperidine rings is 1. The van der Waals surface area contributed by atoms with E-state index >= 15 is 0 Å². The normalized spacial score (nSPS) is 16.8. The first-order valence-electron chi connectivity index (χ1n) is 8.96. The van der Waals surface area contributed by atoms with Gasteiger partial charge in [-0.3, -0.25) is 4.90 Å². The van der Waals surface area contributed by atoms with Crippen molar-refractivity contribution in [2.24, 2.45) is 5.92 Å². The van der Waals surface area contributed by atoms with E-state index in [0.29, 0.717) is 5.58 Å². The van der Waals surface area contributed by atoms with Gasteiger partial charge in [-0.2, -0.15) is 0 Å². The van der Waals surface area contributed by atoms with Crippen LogP contribution >= 0.6 is 0 Å². The third-order valence-corrected chi connectivity index (χ3v) is 5.13. The van der Waals surface area contributed by atoms with E-state index in [4.69, 9.17) is 9.15 Å². The lowest BCUT2D eigenvalue weighted by atomic mass is 9.93. The van der Waals surface area contributed by atoms with Crippen LogP contribution in [0.4, 0.5) is 0 Å². The Morgan fingerprint density at radius 2 is 2.04 bits per heavy atom. The molecule has 2 aromatic rings. The van der Waals surface area contributed by atoms with E-state index in [1.165, 1.54) is 18.4 Å². The van der Waals surface area contributed by atoms with Gasteiger partial charge in [0.2, 0.25) is 0 Å². The molecule has 3 rings (SSSR count). The maximum Gasteiger partial charge on any atom is 0.336 e. The van der Waals surface area contributed by atoms with E-state index < -0.39 is 0 Å². The topological polar surface area (TPSA) is 42.7 Å². The van der Waals surface area contributed by atoms with Crippen LogP contribution in [0.1, 0.15) is 37.3 Å². The molecule has 130 valence electrons. The van der Waals surface area contributed by atoms with Gasteiger partial charge in [-0.1, -0.05) is 13.0 Å². The van der Waals surface area contributed by atoms with Crippen molar-refractivity contribution in [1.82, 2.24) is 4.90 Å². The molecule has 0 amide bonds. The molecular weight excluding hydrogens is 302 g/mol. The second-order valence-electron chi connectivity index (χ2n) is 6.78. The Hall–Kier alpha value is -1.65. The van der Waals surface area contributed by atoms with Gasteiger partial charge >= 0.3 is 5.63 Å². The van der Waals surface area contributed by atoms with Gasteiger partial charge in [0.25, 0.3) is 0 Å². The summed E-state index contributed by atoms with van der Waals surface area (Å²) in [6, 6.07) is 7.80. The monoisotopic (exact) mass is 329 g/mol. The van der Waals surface area contributed by atoms with E-state index in [0.717, 1.165) is 56.0 Å². The molecule has 1 aromatic carbocycles. The van der Waals surface area contributed by atoms with Gasteiger partial charge < -0.3 is 9.15 Å². The van der Waals surface area contributed by atoms with Gasteiger partial charge in [-0.15, -0.1) is 0 Å². The molecule has 0 spiro atoms. The summed E-state index contributed by atoms with van der Waals surface area (Å²) < 4.78 is 10.6. The Labute approximate surface area is 143 Å². The molecule has 0 radical (unpaired) electrons. The van der Waals surface area contributed by atoms with Crippen LogP contribution in [0, 0.1) is 5.92 Å². The fourth-order valence-electron chi connectivity index (χ4n) is 3.58. The van der Waals surface area contributed by atoms with Crippen LogP contribution in [0.5, 0.6) is 0 Å². The van der Waals surface area contributed by atoms with E-state index in [1.807, 2.05) is 12.1 Å². The van der Waals surface area contributed by atoms with E-state index in [-0.39, 0.29) is 5.63 Å². The summed E-state index contributed by atoms with van der Waals surface area (Å²) >= 11 is 0. The summed E-state index contributed by atoms with van der Waals surface area (Å²) in [6.07, 6.45) is 4.56. The largest absolute Gasteiger partial charge is 0.423 e. The standard InChI is InChI=1S/C20H27NO3/c1-3-15-4-5-19-18(12-15)17(13-20(22)24-19)14-21-9-6-16(7-10-21)8-11-23-2/h4-5,12-13,16H,3,6-11,14H2,1-2H3. The molecule has 1 aromatic heterocycles. The van der Waals surface area contributed by atoms with E-state index in [2.05, 4.69) is 17.9 Å². The summed E-state index contributed by atoms with van der Waals surface area (Å²) in [7, 11) is 1.77. The van der Waals surface area contributed by atoms with Crippen LogP contribution in [0.3, 0.4) is 0 Å². The van der Waals surface area contributed by atoms with Gasteiger partial charge in [0.1, 0.15) is 5.58 Å². The first kappa shape index (κ1) is 17.2. The zero-order valence-corrected chi connectivity index (χ0v) is 14.7. The minimum Gasteiger partial charge on any atom is -0.423 e. The Balaban J connectivity index is 1.74. The van der Waals surface area contributed by atoms with Gasteiger partial charge in [0.15, 0.2) is 0 Å². The van der Waals surface area contributed by atoms with Crippen molar-refractivity contribution in [2.75, 3.05) is 26.8 Å². The molecular formula is C20H27NO3. The number of likely N-dealkylation sites (tertiary alicyclic amines) is 1. The number of benzene rings is 1. The SMILES string of the molecule is CCc1ccc2oc(=O)cc(CN3CCC(CCOC)CC3)c2c1. The fourth-order valence-corrected chi connectivity index (χ4v) is 3.58. The number of fused-ring (bicyclic) bond motifs is 1. The van der Waals surface area contributed by atoms with Crippen molar-refractivity contribution in [3.63, 3.8) is 0 Å². The molecule has 0 aliphatic carbocycles. The Morgan fingerprint density at radius 1 is 1.25 bits per heavy atom. The van der Waals surface area contributed by atoms with Crippen molar-refractivity contribution in [1.29, 1.82) is 0 Å². The number of rotatable bonds is 6. The number of hydrogen-bond donors (Lipinski definition) is 0. The smallest absolute Gasteiger partial charge is 0.336 e. The van der Waals surface area contributed by atoms with E-state index in [1.54, 1.807) is 13.2 Å². The lowest BCUT2D eigenvalue weighted by Crippen LogP contribution is -2.33. The lowest BCUT2D eigenvalue weighted by Gasteiger charge is -2.32. The minimum absolute atomic E-state index is 0.253. The van der Waals surface area contributed by atoms with Crippen LogP contribution in [-0.2, 0) is 17.7 Å². The quantitative estimate of drug-likeness (QED) is 0.760. The summed E-state index contributed by atoms with van der Waals surface area (Å²) in [5, 5.41) is 1.08. The van der Waals surface area contributed by atoms with Gasteiger partial charge in [-0.25, -0.2) is 4.79 Å². The zero-order chi connectivity index (χ0) is 16.9. The highest BCUT2D eigenvalue weighted by Crippen LogP contribution is 2.25. The first-order chi connectivity index (χ1) is 11.7. The van der Waals surface area contributed by atoms with Crippen LogP contribution in [-0.4, -0.2) is 31.7 Å². The molecule has 2 heterocycles.